The Kier molecular flexibility index (Phi) is 6.02. The first-order chi connectivity index (χ1) is 12.7. The highest BCUT2D eigenvalue weighted by atomic mass is 16.3. The first-order valence-corrected chi connectivity index (χ1v) is 8.96. The van der Waals surface area contributed by atoms with Crippen LogP contribution in [0, 0.1) is 5.92 Å². The summed E-state index contributed by atoms with van der Waals surface area (Å²) in [6.07, 6.45) is 1.13. The minimum Gasteiger partial charge on any atom is -0.396 e. The molecule has 1 aliphatic rings. The highest BCUT2D eigenvalue weighted by molar-refractivity contribution is 5.94. The van der Waals surface area contributed by atoms with Crippen LogP contribution in [0.5, 0.6) is 0 Å². The molecule has 3 rings (SSSR count). The van der Waals surface area contributed by atoms with Crippen molar-refractivity contribution in [2.75, 3.05) is 19.7 Å². The minimum absolute atomic E-state index is 0.0534. The predicted molar refractivity (Wildman–Crippen MR) is 99.6 cm³/mol. The normalized spacial score (nSPS) is 19.3. The number of aliphatic hydroxyl groups excluding tert-OH is 1. The largest absolute Gasteiger partial charge is 0.396 e. The molecule has 1 saturated heterocycles. The minimum atomic E-state index is -0.228. The van der Waals surface area contributed by atoms with Gasteiger partial charge in [0, 0.05) is 37.6 Å². The molecule has 5 nitrogen and oxygen atoms in total. The number of nitrogens with one attached hydrogen (secondary N) is 1. The van der Waals surface area contributed by atoms with Gasteiger partial charge in [0.25, 0.3) is 5.91 Å². The van der Waals surface area contributed by atoms with Crippen molar-refractivity contribution in [3.63, 3.8) is 0 Å². The van der Waals surface area contributed by atoms with Gasteiger partial charge in [0.15, 0.2) is 0 Å². The molecule has 2 N–H and O–H groups in total. The van der Waals surface area contributed by atoms with Gasteiger partial charge in [-0.25, -0.2) is 0 Å². The molecule has 2 atom stereocenters. The number of carbonyl (C=O) groups excluding carboxylic acids is 2. The molecule has 0 aromatic heterocycles. The number of amides is 2. The fourth-order valence-corrected chi connectivity index (χ4v) is 3.32. The van der Waals surface area contributed by atoms with Gasteiger partial charge in [-0.1, -0.05) is 48.5 Å². The van der Waals surface area contributed by atoms with Gasteiger partial charge in [0.2, 0.25) is 5.91 Å². The number of aryl methyl sites for hydroxylation is 1. The van der Waals surface area contributed by atoms with Gasteiger partial charge in [-0.15, -0.1) is 0 Å². The van der Waals surface area contributed by atoms with E-state index in [0.29, 0.717) is 31.5 Å². The molecule has 0 unspecified atom stereocenters. The Hall–Kier alpha value is -2.66. The number of aliphatic hydroxyl groups is 1. The number of likely N-dealkylation sites (tertiary alicyclic amines) is 1. The van der Waals surface area contributed by atoms with Gasteiger partial charge in [0.05, 0.1) is 6.04 Å². The van der Waals surface area contributed by atoms with Crippen molar-refractivity contribution in [3.8, 4) is 0 Å². The molecule has 1 heterocycles. The Morgan fingerprint density at radius 1 is 1.00 bits per heavy atom. The number of benzene rings is 2. The fraction of sp³-hybridized carbons (Fsp3) is 0.333. The van der Waals surface area contributed by atoms with Crippen LogP contribution in [0.2, 0.25) is 0 Å². The first-order valence-electron chi connectivity index (χ1n) is 8.96. The van der Waals surface area contributed by atoms with Gasteiger partial charge in [0.1, 0.15) is 0 Å². The van der Waals surface area contributed by atoms with Crippen molar-refractivity contribution < 1.29 is 14.7 Å². The second-order valence-corrected chi connectivity index (χ2v) is 6.67. The SMILES string of the molecule is O=C(N[C@@H]1CN(C(=O)CCc2ccccc2)C[C@H]1CO)c1ccccc1. The van der Waals surface area contributed by atoms with Crippen LogP contribution in [-0.2, 0) is 11.2 Å². The van der Waals surface area contributed by atoms with Crippen LogP contribution in [0.4, 0.5) is 0 Å². The highest BCUT2D eigenvalue weighted by Gasteiger charge is 2.35. The molecule has 26 heavy (non-hydrogen) atoms. The molecule has 5 heteroatoms. The van der Waals surface area contributed by atoms with Crippen molar-refractivity contribution in [1.82, 2.24) is 10.2 Å². The molecular weight excluding hydrogens is 328 g/mol. The van der Waals surface area contributed by atoms with E-state index in [9.17, 15) is 14.7 Å². The lowest BCUT2D eigenvalue weighted by molar-refractivity contribution is -0.130. The van der Waals surface area contributed by atoms with Crippen LogP contribution >= 0.6 is 0 Å². The fourth-order valence-electron chi connectivity index (χ4n) is 3.32. The third-order valence-electron chi connectivity index (χ3n) is 4.85. The lowest BCUT2D eigenvalue weighted by Crippen LogP contribution is -2.41. The number of rotatable bonds is 6. The molecule has 1 aliphatic heterocycles. The van der Waals surface area contributed by atoms with E-state index in [2.05, 4.69) is 5.32 Å². The monoisotopic (exact) mass is 352 g/mol. The lowest BCUT2D eigenvalue weighted by atomic mass is 10.0. The summed E-state index contributed by atoms with van der Waals surface area (Å²) in [5.74, 6) is -0.250. The summed E-state index contributed by atoms with van der Waals surface area (Å²) >= 11 is 0. The second-order valence-electron chi connectivity index (χ2n) is 6.67. The summed E-state index contributed by atoms with van der Waals surface area (Å²) in [6, 6.07) is 18.7. The Labute approximate surface area is 153 Å². The van der Waals surface area contributed by atoms with Crippen LogP contribution in [0.25, 0.3) is 0 Å². The average Bonchev–Trinajstić information content (AvgIpc) is 3.10. The summed E-state index contributed by atoms with van der Waals surface area (Å²) < 4.78 is 0. The molecule has 2 aromatic rings. The topological polar surface area (TPSA) is 69.6 Å². The molecule has 2 aromatic carbocycles. The van der Waals surface area contributed by atoms with Crippen molar-refractivity contribution in [2.45, 2.75) is 18.9 Å². The zero-order valence-electron chi connectivity index (χ0n) is 14.7. The Morgan fingerprint density at radius 3 is 2.31 bits per heavy atom. The predicted octanol–water partition coefficient (Wildman–Crippen LogP) is 1.87. The third-order valence-corrected chi connectivity index (χ3v) is 4.85. The molecule has 0 bridgehead atoms. The van der Waals surface area contributed by atoms with Crippen LogP contribution in [-0.4, -0.2) is 47.6 Å². The highest BCUT2D eigenvalue weighted by Crippen LogP contribution is 2.19. The third kappa shape index (κ3) is 4.49. The van der Waals surface area contributed by atoms with E-state index in [1.807, 2.05) is 48.5 Å². The summed E-state index contributed by atoms with van der Waals surface area (Å²) in [5, 5.41) is 12.6. The van der Waals surface area contributed by atoms with Crippen molar-refractivity contribution in [3.05, 3.63) is 71.8 Å². The van der Waals surface area contributed by atoms with E-state index >= 15 is 0 Å². The molecular formula is C21H24N2O3. The zero-order chi connectivity index (χ0) is 18.4. The molecule has 0 spiro atoms. The summed E-state index contributed by atoms with van der Waals surface area (Å²) in [6.45, 7) is 0.865. The van der Waals surface area contributed by atoms with E-state index in [4.69, 9.17) is 0 Å². The van der Waals surface area contributed by atoms with Crippen molar-refractivity contribution in [2.24, 2.45) is 5.92 Å². The maximum absolute atomic E-state index is 12.5. The molecule has 2 amide bonds. The average molecular weight is 352 g/mol. The Balaban J connectivity index is 1.56. The van der Waals surface area contributed by atoms with Crippen LogP contribution in [0.3, 0.4) is 0 Å². The van der Waals surface area contributed by atoms with Gasteiger partial charge in [-0.05, 0) is 24.1 Å². The smallest absolute Gasteiger partial charge is 0.251 e. The maximum Gasteiger partial charge on any atom is 0.251 e. The van der Waals surface area contributed by atoms with Gasteiger partial charge in [-0.3, -0.25) is 9.59 Å². The molecule has 0 saturated carbocycles. The quantitative estimate of drug-likeness (QED) is 0.834. The Morgan fingerprint density at radius 2 is 1.65 bits per heavy atom. The molecule has 0 radical (unpaired) electrons. The number of nitrogens with zero attached hydrogens (tertiary/aromatic N) is 1. The first kappa shape index (κ1) is 18.1. The van der Waals surface area contributed by atoms with Crippen molar-refractivity contribution >= 4 is 11.8 Å². The lowest BCUT2D eigenvalue weighted by Gasteiger charge is -2.18. The van der Waals surface area contributed by atoms with Crippen LogP contribution in [0.15, 0.2) is 60.7 Å². The van der Waals surface area contributed by atoms with E-state index in [-0.39, 0.29) is 30.4 Å². The summed E-state index contributed by atoms with van der Waals surface area (Å²) in [7, 11) is 0. The second kappa shape index (κ2) is 8.63. The number of hydrogen-bond donors (Lipinski definition) is 2. The maximum atomic E-state index is 12.5. The van der Waals surface area contributed by atoms with E-state index in [1.54, 1.807) is 17.0 Å². The van der Waals surface area contributed by atoms with Gasteiger partial charge in [-0.2, -0.15) is 0 Å². The Bertz CT molecular complexity index is 733. The standard InChI is InChI=1S/C21H24N2O3/c24-15-18-13-23(20(25)12-11-16-7-3-1-4-8-16)14-19(18)22-21(26)17-9-5-2-6-10-17/h1-10,18-19,24H,11-15H2,(H,22,26)/t18-,19+/m0/s1. The zero-order valence-corrected chi connectivity index (χ0v) is 14.7. The van der Waals surface area contributed by atoms with E-state index in [0.717, 1.165) is 5.56 Å². The summed E-state index contributed by atoms with van der Waals surface area (Å²) in [4.78, 5) is 26.6. The molecule has 0 aliphatic carbocycles. The molecule has 1 fully saturated rings. The van der Waals surface area contributed by atoms with E-state index < -0.39 is 0 Å². The summed E-state index contributed by atoms with van der Waals surface area (Å²) in [5.41, 5.74) is 1.71. The number of carbonyl (C=O) groups is 2. The number of hydrogen-bond acceptors (Lipinski definition) is 3. The van der Waals surface area contributed by atoms with E-state index in [1.165, 1.54) is 0 Å². The van der Waals surface area contributed by atoms with Crippen molar-refractivity contribution in [1.29, 1.82) is 0 Å². The molecule has 136 valence electrons. The van der Waals surface area contributed by atoms with Gasteiger partial charge >= 0.3 is 0 Å². The van der Waals surface area contributed by atoms with Crippen LogP contribution in [0.1, 0.15) is 22.3 Å². The van der Waals surface area contributed by atoms with Crippen LogP contribution < -0.4 is 5.32 Å². The van der Waals surface area contributed by atoms with Gasteiger partial charge < -0.3 is 15.3 Å².